The molecule has 2 aromatic rings. The van der Waals surface area contributed by atoms with Gasteiger partial charge in [0, 0.05) is 17.3 Å². The molecule has 0 aliphatic rings. The van der Waals surface area contributed by atoms with Gasteiger partial charge in [-0.05, 0) is 30.2 Å². The van der Waals surface area contributed by atoms with Gasteiger partial charge in [0.1, 0.15) is 0 Å². The highest BCUT2D eigenvalue weighted by Crippen LogP contribution is 2.21. The van der Waals surface area contributed by atoms with E-state index in [1.165, 1.54) is 11.8 Å². The second-order valence-electron chi connectivity index (χ2n) is 5.79. The Kier molecular flexibility index (Phi) is 8.51. The maximum atomic E-state index is 12.3. The zero-order chi connectivity index (χ0) is 18.8. The van der Waals surface area contributed by atoms with Crippen molar-refractivity contribution in [3.8, 4) is 0 Å². The monoisotopic (exact) mass is 390 g/mol. The summed E-state index contributed by atoms with van der Waals surface area (Å²) in [5.41, 5.74) is 2.01. The summed E-state index contributed by atoms with van der Waals surface area (Å²) in [6.07, 6.45) is 1.94. The molecule has 0 saturated carbocycles. The molecule has 0 fully saturated rings. The van der Waals surface area contributed by atoms with Crippen molar-refractivity contribution in [3.63, 3.8) is 0 Å². The Labute approximate surface area is 163 Å². The number of hydrogen-bond donors (Lipinski definition) is 2. The Bertz CT molecular complexity index is 752. The highest BCUT2D eigenvalue weighted by atomic mass is 35.5. The molecule has 0 bridgehead atoms. The Morgan fingerprint density at radius 3 is 2.58 bits per heavy atom. The minimum atomic E-state index is -0.168. The quantitative estimate of drug-likeness (QED) is 0.608. The molecule has 26 heavy (non-hydrogen) atoms. The lowest BCUT2D eigenvalue weighted by Crippen LogP contribution is -2.26. The average Bonchev–Trinajstić information content (AvgIpc) is 2.64. The molecule has 0 radical (unpaired) electrons. The molecule has 2 rings (SSSR count). The summed E-state index contributed by atoms with van der Waals surface area (Å²) in [5.74, 6) is 0.636. The van der Waals surface area contributed by atoms with Gasteiger partial charge in [0.2, 0.25) is 5.91 Å². The number of amides is 2. The first-order valence-corrected chi connectivity index (χ1v) is 10.1. The van der Waals surface area contributed by atoms with Crippen molar-refractivity contribution in [2.75, 3.05) is 17.6 Å². The molecule has 0 spiro atoms. The molecule has 4 nitrogen and oxygen atoms in total. The van der Waals surface area contributed by atoms with E-state index in [9.17, 15) is 9.59 Å². The van der Waals surface area contributed by atoms with Crippen LogP contribution in [0, 0.1) is 0 Å². The smallest absolute Gasteiger partial charge is 0.253 e. The van der Waals surface area contributed by atoms with Crippen LogP contribution in [-0.4, -0.2) is 24.1 Å². The van der Waals surface area contributed by atoms with Crippen molar-refractivity contribution in [2.24, 2.45) is 0 Å². The number of unbranched alkanes of at least 4 members (excludes halogenated alkanes) is 1. The van der Waals surface area contributed by atoms with E-state index < -0.39 is 0 Å². The van der Waals surface area contributed by atoms with Crippen LogP contribution >= 0.6 is 23.4 Å². The van der Waals surface area contributed by atoms with E-state index in [0.29, 0.717) is 28.6 Å². The number of rotatable bonds is 9. The topological polar surface area (TPSA) is 58.2 Å². The number of nitrogens with one attached hydrogen (secondary N) is 2. The van der Waals surface area contributed by atoms with Gasteiger partial charge in [0.25, 0.3) is 5.91 Å². The molecule has 2 amide bonds. The van der Waals surface area contributed by atoms with Gasteiger partial charge in [-0.1, -0.05) is 55.3 Å². The largest absolute Gasteiger partial charge is 0.352 e. The summed E-state index contributed by atoms with van der Waals surface area (Å²) in [6.45, 7) is 2.70. The number of halogens is 1. The molecule has 2 aromatic carbocycles. The van der Waals surface area contributed by atoms with Gasteiger partial charge in [0.05, 0.1) is 17.0 Å². The second-order valence-corrected chi connectivity index (χ2v) is 7.18. The van der Waals surface area contributed by atoms with Crippen LogP contribution in [0.5, 0.6) is 0 Å². The normalized spacial score (nSPS) is 10.4. The number of carbonyl (C=O) groups excluding carboxylic acids is 2. The lowest BCUT2D eigenvalue weighted by Gasteiger charge is -2.11. The molecular formula is C20H23ClN2O2S. The van der Waals surface area contributed by atoms with Gasteiger partial charge >= 0.3 is 0 Å². The number of hydrogen-bond acceptors (Lipinski definition) is 3. The van der Waals surface area contributed by atoms with E-state index in [1.807, 2.05) is 24.3 Å². The van der Waals surface area contributed by atoms with Crippen LogP contribution in [0.4, 0.5) is 5.69 Å². The summed E-state index contributed by atoms with van der Waals surface area (Å²) in [6, 6.07) is 14.6. The molecule has 0 heterocycles. The van der Waals surface area contributed by atoms with Crippen molar-refractivity contribution in [3.05, 3.63) is 64.7 Å². The van der Waals surface area contributed by atoms with Crippen molar-refractivity contribution in [1.82, 2.24) is 5.32 Å². The van der Waals surface area contributed by atoms with Gasteiger partial charge in [-0.3, -0.25) is 9.59 Å². The molecular weight excluding hydrogens is 368 g/mol. The lowest BCUT2D eigenvalue weighted by atomic mass is 10.1. The third-order valence-corrected chi connectivity index (χ3v) is 5.06. The predicted molar refractivity (Wildman–Crippen MR) is 110 cm³/mol. The van der Waals surface area contributed by atoms with E-state index >= 15 is 0 Å². The third-order valence-electron chi connectivity index (χ3n) is 3.71. The molecule has 2 N–H and O–H groups in total. The van der Waals surface area contributed by atoms with Gasteiger partial charge in [-0.15, -0.1) is 11.8 Å². The van der Waals surface area contributed by atoms with Crippen LogP contribution in [0.2, 0.25) is 5.02 Å². The Balaban J connectivity index is 1.88. The fraction of sp³-hybridized carbons (Fsp3) is 0.300. The standard InChI is InChI=1S/C20H23ClN2O2S/c1-2-3-12-22-20(25)16-9-5-7-11-18(16)23-19(24)14-26-13-15-8-4-6-10-17(15)21/h4-11H,2-3,12-14H2,1H3,(H,22,25)(H,23,24). The van der Waals surface area contributed by atoms with Crippen LogP contribution in [0.25, 0.3) is 0 Å². The molecule has 0 unspecified atom stereocenters. The van der Waals surface area contributed by atoms with Crippen LogP contribution in [0.15, 0.2) is 48.5 Å². The molecule has 0 atom stereocenters. The van der Waals surface area contributed by atoms with E-state index in [-0.39, 0.29) is 17.6 Å². The first-order valence-electron chi connectivity index (χ1n) is 8.60. The van der Waals surface area contributed by atoms with Crippen molar-refractivity contribution in [2.45, 2.75) is 25.5 Å². The Hall–Kier alpha value is -1.98. The number of anilines is 1. The van der Waals surface area contributed by atoms with Gasteiger partial charge in [0.15, 0.2) is 0 Å². The SMILES string of the molecule is CCCCNC(=O)c1ccccc1NC(=O)CSCc1ccccc1Cl. The van der Waals surface area contributed by atoms with Crippen molar-refractivity contribution >= 4 is 40.9 Å². The first-order chi connectivity index (χ1) is 12.6. The molecule has 0 aliphatic heterocycles. The molecule has 0 aliphatic carbocycles. The number of benzene rings is 2. The van der Waals surface area contributed by atoms with Crippen molar-refractivity contribution in [1.29, 1.82) is 0 Å². The lowest BCUT2D eigenvalue weighted by molar-refractivity contribution is -0.113. The van der Waals surface area contributed by atoms with Gasteiger partial charge in [-0.2, -0.15) is 0 Å². The highest BCUT2D eigenvalue weighted by Gasteiger charge is 2.12. The zero-order valence-electron chi connectivity index (χ0n) is 14.8. The fourth-order valence-corrected chi connectivity index (χ4v) is 3.43. The summed E-state index contributed by atoms with van der Waals surface area (Å²) < 4.78 is 0. The maximum Gasteiger partial charge on any atom is 0.253 e. The number of thioether (sulfide) groups is 1. The average molecular weight is 391 g/mol. The summed E-state index contributed by atoms with van der Waals surface area (Å²) in [5, 5.41) is 6.41. The van der Waals surface area contributed by atoms with E-state index in [0.717, 1.165) is 18.4 Å². The molecule has 0 saturated heterocycles. The van der Waals surface area contributed by atoms with Gasteiger partial charge in [-0.25, -0.2) is 0 Å². The van der Waals surface area contributed by atoms with Crippen LogP contribution in [-0.2, 0) is 10.5 Å². The van der Waals surface area contributed by atoms with Crippen LogP contribution in [0.3, 0.4) is 0 Å². The van der Waals surface area contributed by atoms with E-state index in [2.05, 4.69) is 17.6 Å². The minimum absolute atomic E-state index is 0.143. The molecule has 0 aromatic heterocycles. The Morgan fingerprint density at radius 2 is 1.81 bits per heavy atom. The summed E-state index contributed by atoms with van der Waals surface area (Å²) in [7, 11) is 0. The highest BCUT2D eigenvalue weighted by molar-refractivity contribution is 7.99. The van der Waals surface area contributed by atoms with Crippen LogP contribution < -0.4 is 10.6 Å². The fourth-order valence-electron chi connectivity index (χ4n) is 2.32. The number of carbonyl (C=O) groups is 2. The molecule has 138 valence electrons. The second kappa shape index (κ2) is 10.9. The van der Waals surface area contributed by atoms with E-state index in [1.54, 1.807) is 24.3 Å². The van der Waals surface area contributed by atoms with Crippen molar-refractivity contribution < 1.29 is 9.59 Å². The minimum Gasteiger partial charge on any atom is -0.352 e. The third kappa shape index (κ3) is 6.39. The number of para-hydroxylation sites is 1. The zero-order valence-corrected chi connectivity index (χ0v) is 16.3. The predicted octanol–water partition coefficient (Wildman–Crippen LogP) is 4.74. The summed E-state index contributed by atoms with van der Waals surface area (Å²) >= 11 is 7.60. The van der Waals surface area contributed by atoms with E-state index in [4.69, 9.17) is 11.6 Å². The Morgan fingerprint density at radius 1 is 1.08 bits per heavy atom. The molecule has 6 heteroatoms. The first kappa shape index (κ1) is 20.3. The summed E-state index contributed by atoms with van der Waals surface area (Å²) in [4.78, 5) is 24.5. The van der Waals surface area contributed by atoms with Gasteiger partial charge < -0.3 is 10.6 Å². The maximum absolute atomic E-state index is 12.3. The van der Waals surface area contributed by atoms with Crippen LogP contribution in [0.1, 0.15) is 35.7 Å².